The number of hydrogen-bond acceptors (Lipinski definition) is 7. The molecule has 2 heterocycles. The Bertz CT molecular complexity index is 1420. The Morgan fingerprint density at radius 3 is 2.68 bits per heavy atom. The Labute approximate surface area is 244 Å². The van der Waals surface area contributed by atoms with Crippen molar-refractivity contribution < 1.29 is 33.6 Å². The molecule has 1 unspecified atom stereocenters. The van der Waals surface area contributed by atoms with Crippen molar-refractivity contribution in [3.8, 4) is 28.5 Å². The molecule has 1 aliphatic heterocycles. The third kappa shape index (κ3) is 6.58. The van der Waals surface area contributed by atoms with E-state index in [1.165, 1.54) is 25.3 Å². The molecule has 1 aromatic heterocycles. The maximum absolute atomic E-state index is 14.0. The van der Waals surface area contributed by atoms with E-state index in [2.05, 4.69) is 19.2 Å². The van der Waals surface area contributed by atoms with Gasteiger partial charge in [0.05, 0.1) is 37.6 Å². The summed E-state index contributed by atoms with van der Waals surface area (Å²) in [5, 5.41) is 23.8. The summed E-state index contributed by atoms with van der Waals surface area (Å²) in [6.45, 7) is 6.45. The molecule has 220 valence electrons. The highest BCUT2D eigenvalue weighted by atomic mass is 35.5. The van der Waals surface area contributed by atoms with E-state index in [1.54, 1.807) is 18.2 Å². The van der Waals surface area contributed by atoms with Gasteiger partial charge in [-0.2, -0.15) is 0 Å². The Hall–Kier alpha value is -3.40. The number of aliphatic hydroxyl groups excluding tert-OH is 1. The van der Waals surface area contributed by atoms with Gasteiger partial charge in [0.15, 0.2) is 11.5 Å². The van der Waals surface area contributed by atoms with Crippen molar-refractivity contribution in [3.05, 3.63) is 70.1 Å². The van der Waals surface area contributed by atoms with Crippen molar-refractivity contribution in [3.63, 3.8) is 0 Å². The average Bonchev–Trinajstić information content (AvgIpc) is 2.95. The fourth-order valence-electron chi connectivity index (χ4n) is 4.94. The van der Waals surface area contributed by atoms with E-state index < -0.39 is 17.3 Å². The molecule has 0 aliphatic carbocycles. The highest BCUT2D eigenvalue weighted by Crippen LogP contribution is 2.45. The summed E-state index contributed by atoms with van der Waals surface area (Å²) in [5.41, 5.74) is 0.774. The SMILES string of the molecule is CCCC(O)(CNC(=O)c1ccc(OCCO)c(OC)c1)c1cc2c(c(-c3ccc(F)c(Cl)c3)n1)OCCC2(C)C. The second kappa shape index (κ2) is 12.6. The van der Waals surface area contributed by atoms with Gasteiger partial charge < -0.3 is 29.7 Å². The van der Waals surface area contributed by atoms with Gasteiger partial charge >= 0.3 is 0 Å². The van der Waals surface area contributed by atoms with Gasteiger partial charge in [-0.15, -0.1) is 0 Å². The number of pyridine rings is 1. The molecule has 1 aliphatic rings. The van der Waals surface area contributed by atoms with Gasteiger partial charge in [-0.3, -0.25) is 4.79 Å². The number of carbonyl (C=O) groups is 1. The van der Waals surface area contributed by atoms with Crippen LogP contribution in [0.3, 0.4) is 0 Å². The van der Waals surface area contributed by atoms with Gasteiger partial charge in [0, 0.05) is 16.7 Å². The summed E-state index contributed by atoms with van der Waals surface area (Å²) in [4.78, 5) is 18.0. The summed E-state index contributed by atoms with van der Waals surface area (Å²) in [6.07, 6.45) is 1.70. The van der Waals surface area contributed by atoms with Crippen molar-refractivity contribution in [1.82, 2.24) is 10.3 Å². The smallest absolute Gasteiger partial charge is 0.251 e. The first-order valence-corrected chi connectivity index (χ1v) is 14.0. The molecule has 0 saturated carbocycles. The minimum absolute atomic E-state index is 0.0437. The number of ether oxygens (including phenoxy) is 3. The molecule has 1 amide bonds. The van der Waals surface area contributed by atoms with E-state index in [0.29, 0.717) is 59.2 Å². The van der Waals surface area contributed by atoms with Gasteiger partial charge in [0.1, 0.15) is 29.5 Å². The summed E-state index contributed by atoms with van der Waals surface area (Å²) in [7, 11) is 1.46. The third-order valence-corrected chi connectivity index (χ3v) is 7.61. The molecule has 41 heavy (non-hydrogen) atoms. The summed E-state index contributed by atoms with van der Waals surface area (Å²) >= 11 is 6.11. The molecule has 10 heteroatoms. The first-order valence-electron chi connectivity index (χ1n) is 13.6. The van der Waals surface area contributed by atoms with E-state index in [4.69, 9.17) is 35.9 Å². The zero-order valence-corrected chi connectivity index (χ0v) is 24.5. The lowest BCUT2D eigenvalue weighted by Gasteiger charge is -2.36. The molecule has 3 N–H and O–H groups in total. The minimum Gasteiger partial charge on any atom is -0.493 e. The number of halogens is 2. The molecule has 2 aromatic carbocycles. The van der Waals surface area contributed by atoms with Crippen LogP contribution >= 0.6 is 11.6 Å². The number of aliphatic hydroxyl groups is 2. The highest BCUT2D eigenvalue weighted by molar-refractivity contribution is 6.31. The molecule has 0 saturated heterocycles. The largest absolute Gasteiger partial charge is 0.493 e. The number of nitrogens with one attached hydrogen (secondary N) is 1. The normalized spacial score (nSPS) is 15.3. The maximum Gasteiger partial charge on any atom is 0.251 e. The lowest BCUT2D eigenvalue weighted by atomic mass is 9.78. The number of methoxy groups -OCH3 is 1. The quantitative estimate of drug-likeness (QED) is 0.276. The van der Waals surface area contributed by atoms with Crippen LogP contribution in [0.4, 0.5) is 4.39 Å². The van der Waals surface area contributed by atoms with Crippen molar-refractivity contribution >= 4 is 17.5 Å². The predicted octanol–water partition coefficient (Wildman–Crippen LogP) is 5.40. The molecule has 0 bridgehead atoms. The standard InChI is InChI=1S/C31H36ClFN2O6/c1-5-10-31(38,18-34-29(37)20-7-9-24(40-14-12-36)25(16-20)39-4)26-17-21-28(41-13-11-30(21,2)3)27(35-26)19-6-8-23(33)22(32)15-19/h6-9,15-17,36,38H,5,10-14,18H2,1-4H3,(H,34,37). The molecular weight excluding hydrogens is 551 g/mol. The molecule has 8 nitrogen and oxygen atoms in total. The van der Waals surface area contributed by atoms with E-state index in [-0.39, 0.29) is 30.2 Å². The van der Waals surface area contributed by atoms with Gasteiger partial charge in [0.2, 0.25) is 0 Å². The Balaban J connectivity index is 1.70. The van der Waals surface area contributed by atoms with Crippen LogP contribution in [0.5, 0.6) is 17.2 Å². The number of amides is 1. The Morgan fingerprint density at radius 2 is 2.00 bits per heavy atom. The Kier molecular flexibility index (Phi) is 9.41. The van der Waals surface area contributed by atoms with Crippen molar-refractivity contribution in [2.75, 3.05) is 33.5 Å². The molecule has 4 rings (SSSR count). The number of hydrogen-bond donors (Lipinski definition) is 3. The van der Waals surface area contributed by atoms with Gasteiger partial charge in [-0.1, -0.05) is 38.8 Å². The fraction of sp³-hybridized carbons (Fsp3) is 0.419. The predicted molar refractivity (Wildman–Crippen MR) is 154 cm³/mol. The summed E-state index contributed by atoms with van der Waals surface area (Å²) in [6, 6.07) is 10.9. The zero-order valence-electron chi connectivity index (χ0n) is 23.7. The van der Waals surface area contributed by atoms with Crippen LogP contribution in [0.1, 0.15) is 61.6 Å². The van der Waals surface area contributed by atoms with Crippen molar-refractivity contribution in [2.24, 2.45) is 0 Å². The van der Waals surface area contributed by atoms with Crippen LogP contribution in [0.2, 0.25) is 5.02 Å². The first-order chi connectivity index (χ1) is 19.5. The second-order valence-electron chi connectivity index (χ2n) is 10.7. The number of carbonyl (C=O) groups excluding carboxylic acids is 1. The van der Waals surface area contributed by atoms with Crippen LogP contribution in [-0.2, 0) is 11.0 Å². The minimum atomic E-state index is -1.51. The van der Waals surface area contributed by atoms with Gasteiger partial charge in [-0.25, -0.2) is 9.37 Å². The van der Waals surface area contributed by atoms with Gasteiger partial charge in [-0.05, 0) is 60.7 Å². The fourth-order valence-corrected chi connectivity index (χ4v) is 5.12. The molecular formula is C31H36ClFN2O6. The highest BCUT2D eigenvalue weighted by Gasteiger charge is 2.37. The van der Waals surface area contributed by atoms with E-state index >= 15 is 0 Å². The van der Waals surface area contributed by atoms with E-state index in [1.807, 2.05) is 13.0 Å². The van der Waals surface area contributed by atoms with E-state index in [0.717, 1.165) is 12.0 Å². The third-order valence-electron chi connectivity index (χ3n) is 7.33. The molecule has 3 aromatic rings. The lowest BCUT2D eigenvalue weighted by molar-refractivity contribution is 0.0219. The average molecular weight is 587 g/mol. The molecule has 0 radical (unpaired) electrons. The monoisotopic (exact) mass is 586 g/mol. The zero-order chi connectivity index (χ0) is 29.8. The Morgan fingerprint density at radius 1 is 1.22 bits per heavy atom. The number of rotatable bonds is 11. The van der Waals surface area contributed by atoms with Crippen LogP contribution in [-0.4, -0.2) is 54.6 Å². The number of benzene rings is 2. The van der Waals surface area contributed by atoms with Crippen LogP contribution in [0, 0.1) is 5.82 Å². The maximum atomic E-state index is 14.0. The first kappa shape index (κ1) is 30.6. The van der Waals surface area contributed by atoms with Crippen LogP contribution in [0.15, 0.2) is 42.5 Å². The van der Waals surface area contributed by atoms with Crippen molar-refractivity contribution in [2.45, 2.75) is 51.0 Å². The topological polar surface area (TPSA) is 110 Å². The summed E-state index contributed by atoms with van der Waals surface area (Å²) < 4.78 is 30.8. The number of nitrogens with zero attached hydrogens (tertiary/aromatic N) is 1. The molecule has 1 atom stereocenters. The van der Waals surface area contributed by atoms with Crippen molar-refractivity contribution in [1.29, 1.82) is 0 Å². The number of fused-ring (bicyclic) bond motifs is 1. The molecule has 0 spiro atoms. The molecule has 0 fully saturated rings. The second-order valence-corrected chi connectivity index (χ2v) is 11.2. The van der Waals surface area contributed by atoms with Crippen LogP contribution in [0.25, 0.3) is 11.3 Å². The lowest BCUT2D eigenvalue weighted by Crippen LogP contribution is -2.42. The van der Waals surface area contributed by atoms with Crippen LogP contribution < -0.4 is 19.5 Å². The van der Waals surface area contributed by atoms with E-state index in [9.17, 15) is 14.3 Å². The van der Waals surface area contributed by atoms with Gasteiger partial charge in [0.25, 0.3) is 5.91 Å². The summed E-state index contributed by atoms with van der Waals surface area (Å²) in [5.74, 6) is 0.356. The number of aromatic nitrogens is 1.